The molecule has 6 nitrogen and oxygen atoms in total. The largest absolute Gasteiger partial charge is 0.373 e. The zero-order valence-corrected chi connectivity index (χ0v) is 15.0. The summed E-state index contributed by atoms with van der Waals surface area (Å²) in [6, 6.07) is 9.53. The normalized spacial score (nSPS) is 27.5. The minimum absolute atomic E-state index is 0.0159. The number of carbonyl (C=O) groups excluding carboxylic acids is 2. The van der Waals surface area contributed by atoms with Crippen molar-refractivity contribution in [3.63, 3.8) is 0 Å². The van der Waals surface area contributed by atoms with Crippen molar-refractivity contribution in [2.45, 2.75) is 32.5 Å². The van der Waals surface area contributed by atoms with Crippen LogP contribution in [-0.2, 0) is 14.3 Å². The Kier molecular flexibility index (Phi) is 5.71. The number of para-hydroxylation sites is 1. The Hall–Kier alpha value is -1.92. The molecule has 2 heterocycles. The van der Waals surface area contributed by atoms with Gasteiger partial charge in [0.1, 0.15) is 0 Å². The lowest BCUT2D eigenvalue weighted by Crippen LogP contribution is -2.48. The van der Waals surface area contributed by atoms with Crippen molar-refractivity contribution in [2.75, 3.05) is 37.6 Å². The van der Waals surface area contributed by atoms with Gasteiger partial charge in [-0.15, -0.1) is 0 Å². The first-order valence-electron chi connectivity index (χ1n) is 9.04. The predicted octanol–water partition coefficient (Wildman–Crippen LogP) is 1.26. The van der Waals surface area contributed by atoms with Crippen LogP contribution >= 0.6 is 0 Å². The fraction of sp³-hybridized carbons (Fsp3) is 0.579. The second-order valence-electron chi connectivity index (χ2n) is 7.05. The number of nitrogens with zero attached hydrogens (tertiary/aromatic N) is 2. The quantitative estimate of drug-likeness (QED) is 0.873. The number of amides is 2. The summed E-state index contributed by atoms with van der Waals surface area (Å²) in [5, 5.41) is 2.99. The maximum Gasteiger partial charge on any atom is 0.227 e. The van der Waals surface area contributed by atoms with Crippen LogP contribution in [0.25, 0.3) is 0 Å². The van der Waals surface area contributed by atoms with E-state index in [9.17, 15) is 9.59 Å². The summed E-state index contributed by atoms with van der Waals surface area (Å²) < 4.78 is 5.72. The summed E-state index contributed by atoms with van der Waals surface area (Å²) in [7, 11) is 0. The van der Waals surface area contributed by atoms with E-state index in [2.05, 4.69) is 24.1 Å². The molecule has 0 spiro atoms. The average molecular weight is 345 g/mol. The molecular formula is C19H27N3O3. The van der Waals surface area contributed by atoms with Crippen LogP contribution in [0.15, 0.2) is 30.3 Å². The van der Waals surface area contributed by atoms with Gasteiger partial charge >= 0.3 is 0 Å². The highest BCUT2D eigenvalue weighted by molar-refractivity contribution is 6.00. The third-order valence-corrected chi connectivity index (χ3v) is 4.79. The molecule has 0 bridgehead atoms. The third-order valence-electron chi connectivity index (χ3n) is 4.79. The highest BCUT2D eigenvalue weighted by Crippen LogP contribution is 2.24. The summed E-state index contributed by atoms with van der Waals surface area (Å²) in [6.45, 7) is 7.81. The van der Waals surface area contributed by atoms with Crippen LogP contribution in [0.5, 0.6) is 0 Å². The van der Waals surface area contributed by atoms with Gasteiger partial charge in [0.25, 0.3) is 0 Å². The highest BCUT2D eigenvalue weighted by atomic mass is 16.5. The van der Waals surface area contributed by atoms with E-state index in [1.807, 2.05) is 30.3 Å². The van der Waals surface area contributed by atoms with Crippen molar-refractivity contribution >= 4 is 17.5 Å². The molecule has 0 aromatic heterocycles. The first-order chi connectivity index (χ1) is 12.0. The monoisotopic (exact) mass is 345 g/mol. The Morgan fingerprint density at radius 1 is 1.16 bits per heavy atom. The summed E-state index contributed by atoms with van der Waals surface area (Å²) in [5.74, 6) is -0.279. The molecule has 6 heteroatoms. The molecule has 25 heavy (non-hydrogen) atoms. The second kappa shape index (κ2) is 7.97. The number of carbonyl (C=O) groups is 2. The third kappa shape index (κ3) is 4.58. The fourth-order valence-electron chi connectivity index (χ4n) is 3.69. The van der Waals surface area contributed by atoms with E-state index in [4.69, 9.17) is 4.74 Å². The zero-order valence-electron chi connectivity index (χ0n) is 15.0. The van der Waals surface area contributed by atoms with Crippen LogP contribution in [0.2, 0.25) is 0 Å². The van der Waals surface area contributed by atoms with Crippen molar-refractivity contribution in [3.8, 4) is 0 Å². The lowest BCUT2D eigenvalue weighted by molar-refractivity contribution is -0.126. The van der Waals surface area contributed by atoms with Crippen molar-refractivity contribution in [2.24, 2.45) is 5.92 Å². The lowest BCUT2D eigenvalue weighted by atomic mass is 10.1. The summed E-state index contributed by atoms with van der Waals surface area (Å²) in [5.41, 5.74) is 0.860. The van der Waals surface area contributed by atoms with E-state index in [-0.39, 0.29) is 36.4 Å². The number of nitrogens with one attached hydrogen (secondary N) is 1. The van der Waals surface area contributed by atoms with Crippen LogP contribution in [-0.4, -0.2) is 61.6 Å². The predicted molar refractivity (Wildman–Crippen MR) is 96.4 cm³/mol. The van der Waals surface area contributed by atoms with Gasteiger partial charge in [-0.1, -0.05) is 18.2 Å². The maximum atomic E-state index is 12.4. The van der Waals surface area contributed by atoms with Crippen LogP contribution in [0.3, 0.4) is 0 Å². The Balaban J connectivity index is 1.45. The molecule has 1 aromatic carbocycles. The average Bonchev–Trinajstić information content (AvgIpc) is 2.97. The zero-order chi connectivity index (χ0) is 17.8. The maximum absolute atomic E-state index is 12.4. The van der Waals surface area contributed by atoms with Gasteiger partial charge in [-0.2, -0.15) is 0 Å². The SMILES string of the molecule is C[C@@H]1CN(CCNC(=O)[C@@H]2CC(=O)N(c3ccccc3)C2)C[C@H](C)O1. The Labute approximate surface area is 149 Å². The molecule has 2 fully saturated rings. The highest BCUT2D eigenvalue weighted by Gasteiger charge is 2.35. The van der Waals surface area contributed by atoms with Gasteiger partial charge < -0.3 is 15.0 Å². The molecule has 2 aliphatic heterocycles. The fourth-order valence-corrected chi connectivity index (χ4v) is 3.69. The summed E-state index contributed by atoms with van der Waals surface area (Å²) in [4.78, 5) is 28.6. The molecule has 0 radical (unpaired) electrons. The molecule has 0 unspecified atom stereocenters. The molecule has 1 N–H and O–H groups in total. The van der Waals surface area contributed by atoms with Crippen LogP contribution in [0.1, 0.15) is 20.3 Å². The molecule has 3 atom stereocenters. The number of benzene rings is 1. The Morgan fingerprint density at radius 2 is 1.84 bits per heavy atom. The van der Waals surface area contributed by atoms with Crippen molar-refractivity contribution in [1.82, 2.24) is 10.2 Å². The smallest absolute Gasteiger partial charge is 0.227 e. The number of rotatable bonds is 5. The van der Waals surface area contributed by atoms with E-state index >= 15 is 0 Å². The summed E-state index contributed by atoms with van der Waals surface area (Å²) in [6.07, 6.45) is 0.740. The van der Waals surface area contributed by atoms with Crippen LogP contribution < -0.4 is 10.2 Å². The molecule has 2 aliphatic rings. The number of hydrogen-bond acceptors (Lipinski definition) is 4. The van der Waals surface area contributed by atoms with Crippen molar-refractivity contribution in [3.05, 3.63) is 30.3 Å². The van der Waals surface area contributed by atoms with Gasteiger partial charge in [0.2, 0.25) is 11.8 Å². The van der Waals surface area contributed by atoms with Gasteiger partial charge in [0.15, 0.2) is 0 Å². The van der Waals surface area contributed by atoms with E-state index in [0.717, 1.165) is 25.3 Å². The standard InChI is InChI=1S/C19H27N3O3/c1-14-11-21(12-15(2)25-14)9-8-20-19(24)16-10-18(23)22(13-16)17-6-4-3-5-7-17/h3-7,14-16H,8-13H2,1-2H3,(H,20,24)/t14-,15+,16-/m1/s1. The number of ether oxygens (including phenoxy) is 1. The van der Waals surface area contributed by atoms with Crippen LogP contribution in [0.4, 0.5) is 5.69 Å². The Bertz CT molecular complexity index is 597. The van der Waals surface area contributed by atoms with Gasteiger partial charge in [0.05, 0.1) is 18.1 Å². The number of hydrogen-bond donors (Lipinski definition) is 1. The second-order valence-corrected chi connectivity index (χ2v) is 7.05. The molecule has 1 aromatic rings. The van der Waals surface area contributed by atoms with E-state index in [0.29, 0.717) is 13.1 Å². The Morgan fingerprint density at radius 3 is 2.52 bits per heavy atom. The first kappa shape index (κ1) is 17.9. The molecule has 2 saturated heterocycles. The van der Waals surface area contributed by atoms with Crippen molar-refractivity contribution < 1.29 is 14.3 Å². The summed E-state index contributed by atoms with van der Waals surface area (Å²) >= 11 is 0. The molecule has 2 amide bonds. The lowest BCUT2D eigenvalue weighted by Gasteiger charge is -2.35. The van der Waals surface area contributed by atoms with Crippen molar-refractivity contribution in [1.29, 1.82) is 0 Å². The first-order valence-corrected chi connectivity index (χ1v) is 9.04. The van der Waals surface area contributed by atoms with Gasteiger partial charge in [-0.25, -0.2) is 0 Å². The van der Waals surface area contributed by atoms with Gasteiger partial charge in [-0.05, 0) is 26.0 Å². The van der Waals surface area contributed by atoms with E-state index < -0.39 is 0 Å². The minimum atomic E-state index is -0.268. The molecular weight excluding hydrogens is 318 g/mol. The van der Waals surface area contributed by atoms with Crippen LogP contribution in [0, 0.1) is 5.92 Å². The van der Waals surface area contributed by atoms with Gasteiger partial charge in [-0.3, -0.25) is 14.5 Å². The molecule has 136 valence electrons. The number of morpholine rings is 1. The van der Waals surface area contributed by atoms with Gasteiger partial charge in [0, 0.05) is 44.8 Å². The topological polar surface area (TPSA) is 61.9 Å². The minimum Gasteiger partial charge on any atom is -0.373 e. The number of anilines is 1. The van der Waals surface area contributed by atoms with E-state index in [1.165, 1.54) is 0 Å². The van der Waals surface area contributed by atoms with E-state index in [1.54, 1.807) is 4.90 Å². The molecule has 0 saturated carbocycles. The molecule has 3 rings (SSSR count). The molecule has 0 aliphatic carbocycles.